The maximum Gasteiger partial charge on any atom is 0.407 e. The van der Waals surface area contributed by atoms with E-state index in [4.69, 9.17) is 21.1 Å². The molecule has 2 amide bonds. The van der Waals surface area contributed by atoms with Crippen LogP contribution in [0, 0.1) is 6.92 Å². The Hall–Kier alpha value is -1.95. The van der Waals surface area contributed by atoms with Gasteiger partial charge in [-0.2, -0.15) is 0 Å². The predicted octanol–water partition coefficient (Wildman–Crippen LogP) is 3.51. The van der Waals surface area contributed by atoms with Crippen molar-refractivity contribution in [1.29, 1.82) is 0 Å². The number of carbonyl (C=O) groups is 2. The zero-order valence-electron chi connectivity index (χ0n) is 14.1. The van der Waals surface area contributed by atoms with Crippen molar-refractivity contribution in [2.24, 2.45) is 0 Å². The highest BCUT2D eigenvalue weighted by Gasteiger charge is 2.16. The summed E-state index contributed by atoms with van der Waals surface area (Å²) in [5.41, 5.74) is 0.798. The maximum absolute atomic E-state index is 12.0. The molecule has 0 aliphatic rings. The lowest BCUT2D eigenvalue weighted by Gasteiger charge is -2.19. The van der Waals surface area contributed by atoms with Gasteiger partial charge in [0.15, 0.2) is 0 Å². The minimum Gasteiger partial charge on any atom is -0.495 e. The van der Waals surface area contributed by atoms with Gasteiger partial charge in [-0.05, 0) is 39.3 Å². The van der Waals surface area contributed by atoms with E-state index < -0.39 is 11.7 Å². The molecular formula is C16H23ClN2O4. The highest BCUT2D eigenvalue weighted by atomic mass is 35.5. The van der Waals surface area contributed by atoms with Crippen LogP contribution < -0.4 is 15.4 Å². The molecule has 0 aliphatic carbocycles. The summed E-state index contributed by atoms with van der Waals surface area (Å²) in [5, 5.41) is 5.83. The molecule has 0 fully saturated rings. The van der Waals surface area contributed by atoms with Crippen LogP contribution in [0.2, 0.25) is 5.02 Å². The van der Waals surface area contributed by atoms with Gasteiger partial charge in [0.05, 0.1) is 12.8 Å². The van der Waals surface area contributed by atoms with Gasteiger partial charge in [0.1, 0.15) is 11.4 Å². The number of amides is 2. The number of anilines is 1. The highest BCUT2D eigenvalue weighted by Crippen LogP contribution is 2.30. The minimum atomic E-state index is -0.569. The van der Waals surface area contributed by atoms with Gasteiger partial charge in [0.2, 0.25) is 5.91 Å². The Kier molecular flexibility index (Phi) is 6.69. The predicted molar refractivity (Wildman–Crippen MR) is 90.2 cm³/mol. The third kappa shape index (κ3) is 6.78. The second-order valence-electron chi connectivity index (χ2n) is 6.03. The molecule has 0 aliphatic heterocycles. The van der Waals surface area contributed by atoms with Gasteiger partial charge in [-0.15, -0.1) is 0 Å². The zero-order chi connectivity index (χ0) is 17.6. The van der Waals surface area contributed by atoms with Crippen molar-refractivity contribution in [1.82, 2.24) is 5.32 Å². The Morgan fingerprint density at radius 3 is 2.48 bits per heavy atom. The van der Waals surface area contributed by atoms with Crippen LogP contribution in [-0.4, -0.2) is 31.3 Å². The van der Waals surface area contributed by atoms with Gasteiger partial charge < -0.3 is 20.1 Å². The molecule has 23 heavy (non-hydrogen) atoms. The van der Waals surface area contributed by atoms with Crippen LogP contribution in [0.4, 0.5) is 10.5 Å². The number of rotatable bonds is 5. The quantitative estimate of drug-likeness (QED) is 0.858. The largest absolute Gasteiger partial charge is 0.495 e. The summed E-state index contributed by atoms with van der Waals surface area (Å²) >= 11 is 6.02. The molecule has 128 valence electrons. The molecule has 2 N–H and O–H groups in total. The van der Waals surface area contributed by atoms with E-state index in [9.17, 15) is 9.59 Å². The second-order valence-corrected chi connectivity index (χ2v) is 6.44. The first-order valence-electron chi connectivity index (χ1n) is 7.23. The summed E-state index contributed by atoms with van der Waals surface area (Å²) in [4.78, 5) is 23.4. The summed E-state index contributed by atoms with van der Waals surface area (Å²) in [6.45, 7) is 7.33. The Labute approximate surface area is 141 Å². The second kappa shape index (κ2) is 8.06. The molecule has 1 aromatic rings. The zero-order valence-corrected chi connectivity index (χ0v) is 14.8. The molecule has 0 saturated heterocycles. The Morgan fingerprint density at radius 2 is 1.91 bits per heavy atom. The van der Waals surface area contributed by atoms with Crippen LogP contribution in [-0.2, 0) is 9.53 Å². The number of hydrogen-bond donors (Lipinski definition) is 2. The Morgan fingerprint density at radius 1 is 1.26 bits per heavy atom. The molecule has 0 radical (unpaired) electrons. The third-order valence-electron chi connectivity index (χ3n) is 2.78. The lowest BCUT2D eigenvalue weighted by Crippen LogP contribution is -2.34. The van der Waals surface area contributed by atoms with Crippen LogP contribution in [0.25, 0.3) is 0 Å². The number of hydrogen-bond acceptors (Lipinski definition) is 4. The van der Waals surface area contributed by atoms with Crippen molar-refractivity contribution in [3.8, 4) is 5.75 Å². The summed E-state index contributed by atoms with van der Waals surface area (Å²) < 4.78 is 10.3. The van der Waals surface area contributed by atoms with Gasteiger partial charge in [0, 0.05) is 24.1 Å². The Balaban J connectivity index is 2.52. The lowest BCUT2D eigenvalue weighted by molar-refractivity contribution is -0.116. The van der Waals surface area contributed by atoms with Gasteiger partial charge in [-0.25, -0.2) is 4.79 Å². The van der Waals surface area contributed by atoms with Crippen LogP contribution >= 0.6 is 11.6 Å². The van der Waals surface area contributed by atoms with Crippen LogP contribution in [0.3, 0.4) is 0 Å². The first-order chi connectivity index (χ1) is 10.6. The molecule has 0 heterocycles. The summed E-state index contributed by atoms with van der Waals surface area (Å²) in [6, 6.07) is 3.38. The number of halogens is 1. The smallest absolute Gasteiger partial charge is 0.407 e. The summed E-state index contributed by atoms with van der Waals surface area (Å²) in [7, 11) is 1.50. The summed E-state index contributed by atoms with van der Waals surface area (Å²) in [6.07, 6.45) is -0.436. The van der Waals surface area contributed by atoms with Crippen molar-refractivity contribution >= 4 is 29.3 Å². The van der Waals surface area contributed by atoms with Gasteiger partial charge in [-0.3, -0.25) is 4.79 Å². The molecule has 1 rings (SSSR count). The molecule has 0 spiro atoms. The molecule has 0 aromatic heterocycles. The topological polar surface area (TPSA) is 76.7 Å². The van der Waals surface area contributed by atoms with E-state index in [0.717, 1.165) is 5.56 Å². The van der Waals surface area contributed by atoms with Gasteiger partial charge in [-0.1, -0.05) is 11.6 Å². The molecule has 7 heteroatoms. The van der Waals surface area contributed by atoms with E-state index in [-0.39, 0.29) is 18.9 Å². The van der Waals surface area contributed by atoms with E-state index in [1.165, 1.54) is 7.11 Å². The number of nitrogens with one attached hydrogen (secondary N) is 2. The SMILES string of the molecule is COc1cc(Cl)c(C)cc1NC(=O)CCNC(=O)OC(C)(C)C. The number of carbonyl (C=O) groups excluding carboxylic acids is 2. The van der Waals surface area contributed by atoms with Crippen molar-refractivity contribution in [3.05, 3.63) is 22.7 Å². The molecule has 0 bridgehead atoms. The molecule has 6 nitrogen and oxygen atoms in total. The lowest BCUT2D eigenvalue weighted by atomic mass is 10.2. The van der Waals surface area contributed by atoms with Crippen molar-refractivity contribution < 1.29 is 19.1 Å². The van der Waals surface area contributed by atoms with E-state index in [2.05, 4.69) is 10.6 Å². The maximum atomic E-state index is 12.0. The fourth-order valence-electron chi connectivity index (χ4n) is 1.73. The molecular weight excluding hydrogens is 320 g/mol. The van der Waals surface area contributed by atoms with Crippen molar-refractivity contribution in [2.45, 2.75) is 39.7 Å². The number of alkyl carbamates (subject to hydrolysis) is 1. The van der Waals surface area contributed by atoms with Gasteiger partial charge >= 0.3 is 6.09 Å². The fourth-order valence-corrected chi connectivity index (χ4v) is 1.89. The van der Waals surface area contributed by atoms with E-state index >= 15 is 0 Å². The van der Waals surface area contributed by atoms with Crippen molar-refractivity contribution in [2.75, 3.05) is 19.0 Å². The number of methoxy groups -OCH3 is 1. The van der Waals surface area contributed by atoms with Crippen LogP contribution in [0.1, 0.15) is 32.8 Å². The molecule has 0 saturated carbocycles. The van der Waals surface area contributed by atoms with Gasteiger partial charge in [0.25, 0.3) is 0 Å². The molecule has 1 aromatic carbocycles. The average molecular weight is 343 g/mol. The highest BCUT2D eigenvalue weighted by molar-refractivity contribution is 6.31. The van der Waals surface area contributed by atoms with Crippen LogP contribution in [0.5, 0.6) is 5.75 Å². The first kappa shape index (κ1) is 19.1. The van der Waals surface area contributed by atoms with Crippen molar-refractivity contribution in [3.63, 3.8) is 0 Å². The fraction of sp³-hybridized carbons (Fsp3) is 0.500. The average Bonchev–Trinajstić information content (AvgIpc) is 2.40. The molecule has 0 unspecified atom stereocenters. The van der Waals surface area contributed by atoms with E-state index in [1.54, 1.807) is 32.9 Å². The summed E-state index contributed by atoms with van der Waals surface area (Å²) in [5.74, 6) is 0.232. The Bertz CT molecular complexity index is 582. The van der Waals surface area contributed by atoms with E-state index in [0.29, 0.717) is 16.5 Å². The third-order valence-corrected chi connectivity index (χ3v) is 3.18. The number of benzene rings is 1. The monoisotopic (exact) mass is 342 g/mol. The van der Waals surface area contributed by atoms with E-state index in [1.807, 2.05) is 6.92 Å². The standard InChI is InChI=1S/C16H23ClN2O4/c1-10-8-12(13(22-5)9-11(10)17)19-14(20)6-7-18-15(21)23-16(2,3)4/h8-9H,6-7H2,1-5H3,(H,18,21)(H,19,20). The normalized spacial score (nSPS) is 10.9. The molecule has 0 atom stereocenters. The number of ether oxygens (including phenoxy) is 2. The first-order valence-corrected chi connectivity index (χ1v) is 7.61. The van der Waals surface area contributed by atoms with Crippen LogP contribution in [0.15, 0.2) is 12.1 Å². The minimum absolute atomic E-state index is 0.115. The number of aryl methyl sites for hydroxylation is 1.